The molecule has 8 nitrogen and oxygen atoms in total. The van der Waals surface area contributed by atoms with E-state index in [2.05, 4.69) is 30.5 Å². The Kier molecular flexibility index (Phi) is 2.97. The Balaban J connectivity index is 1.68. The summed E-state index contributed by atoms with van der Waals surface area (Å²) in [5.41, 5.74) is 9.29. The van der Waals surface area contributed by atoms with Crippen molar-refractivity contribution in [2.75, 3.05) is 5.73 Å². The molecule has 0 bridgehead atoms. The maximum atomic E-state index is 13.2. The summed E-state index contributed by atoms with van der Waals surface area (Å²) in [4.78, 5) is 7.92. The molecule has 0 spiro atoms. The van der Waals surface area contributed by atoms with Gasteiger partial charge in [-0.05, 0) is 17.2 Å². The van der Waals surface area contributed by atoms with Gasteiger partial charge in [0.05, 0.1) is 24.3 Å². The zero-order valence-corrected chi connectivity index (χ0v) is 11.8. The lowest BCUT2D eigenvalue weighted by molar-refractivity contribution is 0.618. The van der Waals surface area contributed by atoms with Gasteiger partial charge in [0.2, 0.25) is 5.65 Å². The number of H-pyrrole nitrogens is 1. The molecule has 9 heteroatoms. The summed E-state index contributed by atoms with van der Waals surface area (Å²) in [6.07, 6.45) is 6.75. The van der Waals surface area contributed by atoms with Gasteiger partial charge in [0.1, 0.15) is 17.2 Å². The summed E-state index contributed by atoms with van der Waals surface area (Å²) < 4.78 is 14.8. The van der Waals surface area contributed by atoms with Gasteiger partial charge in [-0.1, -0.05) is 0 Å². The first-order chi connectivity index (χ1) is 11.2. The average Bonchev–Trinajstić information content (AvgIpc) is 3.16. The van der Waals surface area contributed by atoms with Crippen LogP contribution < -0.4 is 5.73 Å². The Hall–Kier alpha value is -3.36. The van der Waals surface area contributed by atoms with Crippen LogP contribution in [-0.4, -0.2) is 35.2 Å². The van der Waals surface area contributed by atoms with E-state index in [1.54, 1.807) is 29.3 Å². The van der Waals surface area contributed by atoms with Crippen LogP contribution in [0.25, 0.3) is 16.9 Å². The third-order valence-electron chi connectivity index (χ3n) is 3.38. The lowest BCUT2D eigenvalue weighted by Crippen LogP contribution is -1.97. The maximum Gasteiger partial charge on any atom is 0.203 e. The number of nitrogens with zero attached hydrogens (tertiary/aromatic N) is 6. The molecule has 0 amide bonds. The smallest absolute Gasteiger partial charge is 0.203 e. The first-order valence-corrected chi connectivity index (χ1v) is 6.79. The van der Waals surface area contributed by atoms with Gasteiger partial charge in [0, 0.05) is 18.7 Å². The van der Waals surface area contributed by atoms with E-state index in [1.165, 1.54) is 6.07 Å². The molecule has 4 aromatic heterocycles. The topological polar surface area (TPSA) is 111 Å². The number of fused-ring (bicyclic) bond motifs is 1. The van der Waals surface area contributed by atoms with E-state index in [0.29, 0.717) is 29.1 Å². The predicted molar refractivity (Wildman–Crippen MR) is 80.2 cm³/mol. The molecule has 0 unspecified atom stereocenters. The van der Waals surface area contributed by atoms with Crippen LogP contribution in [0, 0.1) is 5.82 Å². The highest BCUT2D eigenvalue weighted by molar-refractivity contribution is 5.76. The van der Waals surface area contributed by atoms with Crippen molar-refractivity contribution < 1.29 is 4.39 Å². The molecular formula is C14H11FN8. The van der Waals surface area contributed by atoms with Crippen LogP contribution in [0.5, 0.6) is 0 Å². The highest BCUT2D eigenvalue weighted by atomic mass is 19.1. The van der Waals surface area contributed by atoms with Crippen molar-refractivity contribution >= 4 is 17.0 Å². The summed E-state index contributed by atoms with van der Waals surface area (Å²) in [5.74, 6) is -0.0334. The monoisotopic (exact) mass is 310 g/mol. The Morgan fingerprint density at radius 3 is 2.96 bits per heavy atom. The van der Waals surface area contributed by atoms with Gasteiger partial charge in [0.15, 0.2) is 0 Å². The van der Waals surface area contributed by atoms with Gasteiger partial charge in [0.25, 0.3) is 0 Å². The number of nitrogen functional groups attached to an aromatic ring is 1. The fourth-order valence-corrected chi connectivity index (χ4v) is 2.39. The molecule has 114 valence electrons. The Morgan fingerprint density at radius 1 is 1.17 bits per heavy atom. The summed E-state index contributed by atoms with van der Waals surface area (Å²) in [6, 6.07) is 3.12. The Morgan fingerprint density at radius 2 is 2.09 bits per heavy atom. The van der Waals surface area contributed by atoms with Gasteiger partial charge in [-0.3, -0.25) is 4.98 Å². The number of aromatic amines is 1. The second-order valence-electron chi connectivity index (χ2n) is 5.03. The van der Waals surface area contributed by atoms with E-state index in [9.17, 15) is 4.39 Å². The minimum Gasteiger partial charge on any atom is -0.384 e. The zero-order valence-electron chi connectivity index (χ0n) is 11.8. The van der Waals surface area contributed by atoms with E-state index >= 15 is 0 Å². The molecule has 0 saturated heterocycles. The van der Waals surface area contributed by atoms with Gasteiger partial charge in [-0.25, -0.2) is 14.1 Å². The number of hydrogen-bond acceptors (Lipinski definition) is 6. The van der Waals surface area contributed by atoms with Crippen molar-refractivity contribution in [1.82, 2.24) is 35.2 Å². The lowest BCUT2D eigenvalue weighted by atomic mass is 10.1. The molecular weight excluding hydrogens is 299 g/mol. The summed E-state index contributed by atoms with van der Waals surface area (Å²) in [5, 5.41) is 14.8. The largest absolute Gasteiger partial charge is 0.384 e. The second-order valence-corrected chi connectivity index (χ2v) is 5.03. The molecule has 4 heterocycles. The molecule has 0 aliphatic rings. The number of hydrogen-bond donors (Lipinski definition) is 2. The van der Waals surface area contributed by atoms with Crippen molar-refractivity contribution in [3.8, 4) is 5.69 Å². The quantitative estimate of drug-likeness (QED) is 0.589. The summed E-state index contributed by atoms with van der Waals surface area (Å²) in [6.45, 7) is 0. The average molecular weight is 310 g/mol. The highest BCUT2D eigenvalue weighted by Gasteiger charge is 2.11. The van der Waals surface area contributed by atoms with E-state index in [-0.39, 0.29) is 0 Å². The van der Waals surface area contributed by atoms with Crippen LogP contribution >= 0.6 is 0 Å². The molecule has 0 aromatic carbocycles. The first kappa shape index (κ1) is 13.3. The standard InChI is InChI=1S/C14H11FN8/c15-10-3-11(6-17-5-10)23-7-8(4-18-23)1-9-2-12(16)19-14-13(9)20-22-21-14/h2-7H,1H2,(H3,16,19,20,21,22). The maximum absolute atomic E-state index is 13.2. The zero-order chi connectivity index (χ0) is 15.8. The number of nitrogens with two attached hydrogens (primary N) is 1. The molecule has 0 aliphatic carbocycles. The molecule has 4 aromatic rings. The van der Waals surface area contributed by atoms with Crippen LogP contribution in [0.4, 0.5) is 10.2 Å². The van der Waals surface area contributed by atoms with Gasteiger partial charge in [-0.15, -0.1) is 5.10 Å². The summed E-state index contributed by atoms with van der Waals surface area (Å²) >= 11 is 0. The van der Waals surface area contributed by atoms with E-state index in [4.69, 9.17) is 5.73 Å². The molecule has 0 aliphatic heterocycles. The molecule has 0 saturated carbocycles. The third-order valence-corrected chi connectivity index (χ3v) is 3.38. The second kappa shape index (κ2) is 5.13. The van der Waals surface area contributed by atoms with Crippen molar-refractivity contribution in [2.24, 2.45) is 0 Å². The van der Waals surface area contributed by atoms with Crippen molar-refractivity contribution in [1.29, 1.82) is 0 Å². The minimum atomic E-state index is -0.411. The summed E-state index contributed by atoms with van der Waals surface area (Å²) in [7, 11) is 0. The SMILES string of the molecule is Nc1cc(Cc2cnn(-c3cncc(F)c3)c2)c2n[nH]nc2n1. The van der Waals surface area contributed by atoms with Gasteiger partial charge >= 0.3 is 0 Å². The number of rotatable bonds is 3. The van der Waals surface area contributed by atoms with Crippen molar-refractivity contribution in [3.05, 3.63) is 53.9 Å². The van der Waals surface area contributed by atoms with Crippen LogP contribution in [-0.2, 0) is 6.42 Å². The Labute approximate surface area is 129 Å². The first-order valence-electron chi connectivity index (χ1n) is 6.79. The molecule has 4 rings (SSSR count). The number of pyridine rings is 2. The van der Waals surface area contributed by atoms with E-state index < -0.39 is 5.82 Å². The normalized spacial score (nSPS) is 11.2. The fraction of sp³-hybridized carbons (Fsp3) is 0.0714. The van der Waals surface area contributed by atoms with Crippen LogP contribution in [0.15, 0.2) is 36.9 Å². The fourth-order valence-electron chi connectivity index (χ4n) is 2.39. The predicted octanol–water partition coefficient (Wildman–Crippen LogP) is 1.25. The number of anilines is 1. The molecule has 0 fully saturated rings. The van der Waals surface area contributed by atoms with Gasteiger partial charge < -0.3 is 5.73 Å². The van der Waals surface area contributed by atoms with E-state index in [1.807, 2.05) is 0 Å². The molecule has 0 atom stereocenters. The number of nitrogens with one attached hydrogen (secondary N) is 1. The van der Waals surface area contributed by atoms with Crippen molar-refractivity contribution in [3.63, 3.8) is 0 Å². The molecule has 3 N–H and O–H groups in total. The lowest BCUT2D eigenvalue weighted by Gasteiger charge is -2.01. The molecule has 0 radical (unpaired) electrons. The van der Waals surface area contributed by atoms with Crippen molar-refractivity contribution in [2.45, 2.75) is 6.42 Å². The van der Waals surface area contributed by atoms with E-state index in [0.717, 1.165) is 17.3 Å². The number of aromatic nitrogens is 7. The van der Waals surface area contributed by atoms with Crippen LogP contribution in [0.3, 0.4) is 0 Å². The number of halogens is 1. The van der Waals surface area contributed by atoms with Crippen LogP contribution in [0.1, 0.15) is 11.1 Å². The Bertz CT molecular complexity index is 989. The van der Waals surface area contributed by atoms with Crippen LogP contribution in [0.2, 0.25) is 0 Å². The van der Waals surface area contributed by atoms with Gasteiger partial charge in [-0.2, -0.15) is 15.4 Å². The minimum absolute atomic E-state index is 0.378. The third kappa shape index (κ3) is 2.48. The molecule has 23 heavy (non-hydrogen) atoms. The highest BCUT2D eigenvalue weighted by Crippen LogP contribution is 2.19.